The van der Waals surface area contributed by atoms with Crippen molar-refractivity contribution < 1.29 is 4.79 Å². The first kappa shape index (κ1) is 16.7. The molecule has 116 valence electrons. The van der Waals surface area contributed by atoms with E-state index in [0.29, 0.717) is 0 Å². The molecule has 1 N–H and O–H groups in total. The summed E-state index contributed by atoms with van der Waals surface area (Å²) in [7, 11) is 1.97. The maximum Gasteiger partial charge on any atom is 0.241 e. The number of carbonyl (C=O) groups excluding carboxylic acids is 1. The molecule has 0 radical (unpaired) electrons. The summed E-state index contributed by atoms with van der Waals surface area (Å²) in [6, 6.07) is 15.6. The van der Waals surface area contributed by atoms with E-state index in [4.69, 9.17) is 0 Å². The predicted octanol–water partition coefficient (Wildman–Crippen LogP) is 4.22. The summed E-state index contributed by atoms with van der Waals surface area (Å²) < 4.78 is 0.996. The third-order valence-electron chi connectivity index (χ3n) is 3.83. The molecule has 2 aromatic rings. The molecule has 2 aromatic carbocycles. The molecule has 0 heterocycles. The van der Waals surface area contributed by atoms with E-state index < -0.39 is 0 Å². The molecule has 0 saturated heterocycles. The van der Waals surface area contributed by atoms with Gasteiger partial charge in [0.15, 0.2) is 0 Å². The number of aryl methyl sites for hydroxylation is 1. The first-order valence-electron chi connectivity index (χ1n) is 7.28. The molecule has 0 aliphatic rings. The van der Waals surface area contributed by atoms with Crippen LogP contribution in [0.25, 0.3) is 0 Å². The fourth-order valence-electron chi connectivity index (χ4n) is 2.17. The van der Waals surface area contributed by atoms with E-state index in [2.05, 4.69) is 45.2 Å². The van der Waals surface area contributed by atoms with Crippen LogP contribution in [0.2, 0.25) is 0 Å². The molecule has 0 spiro atoms. The maximum atomic E-state index is 12.3. The molecule has 0 aromatic heterocycles. The third kappa shape index (κ3) is 4.42. The second-order valence-electron chi connectivity index (χ2n) is 5.51. The number of hydrogen-bond donors (Lipinski definition) is 1. The van der Waals surface area contributed by atoms with Gasteiger partial charge in [0.2, 0.25) is 5.91 Å². The normalized spacial score (nSPS) is 12.2. The lowest BCUT2D eigenvalue weighted by Gasteiger charge is -2.24. The lowest BCUT2D eigenvalue weighted by atomic mass is 10.1. The van der Waals surface area contributed by atoms with Crippen molar-refractivity contribution in [2.75, 3.05) is 12.4 Å². The smallest absolute Gasteiger partial charge is 0.241 e. The van der Waals surface area contributed by atoms with Crippen molar-refractivity contribution in [2.24, 2.45) is 0 Å². The van der Waals surface area contributed by atoms with Gasteiger partial charge in [-0.1, -0.05) is 40.2 Å². The molecule has 0 aliphatic heterocycles. The van der Waals surface area contributed by atoms with Gasteiger partial charge >= 0.3 is 0 Å². The average molecular weight is 361 g/mol. The highest BCUT2D eigenvalue weighted by molar-refractivity contribution is 9.10. The Morgan fingerprint density at radius 3 is 2.45 bits per heavy atom. The number of likely N-dealkylation sites (N-methyl/N-ethyl adjacent to an activating group) is 1. The van der Waals surface area contributed by atoms with Crippen molar-refractivity contribution in [2.45, 2.75) is 26.4 Å². The number of nitrogens with one attached hydrogen (secondary N) is 1. The van der Waals surface area contributed by atoms with Crippen molar-refractivity contribution in [1.82, 2.24) is 4.90 Å². The van der Waals surface area contributed by atoms with Crippen molar-refractivity contribution in [3.8, 4) is 0 Å². The van der Waals surface area contributed by atoms with Crippen LogP contribution in [0.5, 0.6) is 0 Å². The highest BCUT2D eigenvalue weighted by Crippen LogP contribution is 2.16. The lowest BCUT2D eigenvalue weighted by molar-refractivity contribution is -0.120. The summed E-state index contributed by atoms with van der Waals surface area (Å²) in [5.41, 5.74) is 3.30. The van der Waals surface area contributed by atoms with Crippen molar-refractivity contribution in [1.29, 1.82) is 0 Å². The minimum absolute atomic E-state index is 0.00148. The summed E-state index contributed by atoms with van der Waals surface area (Å²) in [5.74, 6) is -0.00148. The molecule has 4 heteroatoms. The van der Waals surface area contributed by atoms with E-state index in [9.17, 15) is 4.79 Å². The number of amides is 1. The Labute approximate surface area is 140 Å². The van der Waals surface area contributed by atoms with Crippen LogP contribution in [-0.2, 0) is 11.3 Å². The predicted molar refractivity (Wildman–Crippen MR) is 94.9 cm³/mol. The van der Waals surface area contributed by atoms with Gasteiger partial charge in [-0.05, 0) is 56.3 Å². The molecular weight excluding hydrogens is 340 g/mol. The van der Waals surface area contributed by atoms with E-state index in [0.717, 1.165) is 16.7 Å². The Morgan fingerprint density at radius 2 is 1.82 bits per heavy atom. The summed E-state index contributed by atoms with van der Waals surface area (Å²) in [4.78, 5) is 14.4. The Bertz CT molecular complexity index is 640. The molecule has 1 atom stereocenters. The Morgan fingerprint density at radius 1 is 1.18 bits per heavy atom. The SMILES string of the molecule is Cc1ccccc1CN(C)[C@@H](C)C(=O)Nc1ccc(Br)cc1. The second kappa shape index (κ2) is 7.56. The lowest BCUT2D eigenvalue weighted by Crippen LogP contribution is -2.39. The summed E-state index contributed by atoms with van der Waals surface area (Å²) >= 11 is 3.39. The molecule has 22 heavy (non-hydrogen) atoms. The van der Waals surface area contributed by atoms with Gasteiger partial charge in [-0.25, -0.2) is 0 Å². The third-order valence-corrected chi connectivity index (χ3v) is 4.36. The van der Waals surface area contributed by atoms with Gasteiger partial charge in [-0.15, -0.1) is 0 Å². The van der Waals surface area contributed by atoms with Crippen LogP contribution in [0.1, 0.15) is 18.1 Å². The highest BCUT2D eigenvalue weighted by Gasteiger charge is 2.18. The Hall–Kier alpha value is -1.65. The number of benzene rings is 2. The van der Waals surface area contributed by atoms with E-state index >= 15 is 0 Å². The summed E-state index contributed by atoms with van der Waals surface area (Å²) in [6.45, 7) is 4.77. The van der Waals surface area contributed by atoms with E-state index in [-0.39, 0.29) is 11.9 Å². The van der Waals surface area contributed by atoms with Crippen LogP contribution in [0.15, 0.2) is 53.0 Å². The standard InChI is InChI=1S/C18H21BrN2O/c1-13-6-4-5-7-15(13)12-21(3)14(2)18(22)20-17-10-8-16(19)9-11-17/h4-11,14H,12H2,1-3H3,(H,20,22)/t14-/m0/s1. The Balaban J connectivity index is 1.97. The molecule has 0 unspecified atom stereocenters. The number of nitrogens with zero attached hydrogens (tertiary/aromatic N) is 1. The van der Waals surface area contributed by atoms with E-state index in [1.807, 2.05) is 50.4 Å². The summed E-state index contributed by atoms with van der Waals surface area (Å²) in [6.07, 6.45) is 0. The second-order valence-corrected chi connectivity index (χ2v) is 6.43. The van der Waals surface area contributed by atoms with Crippen LogP contribution in [0, 0.1) is 6.92 Å². The average Bonchev–Trinajstić information content (AvgIpc) is 2.51. The number of hydrogen-bond acceptors (Lipinski definition) is 2. The van der Waals surface area contributed by atoms with Crippen LogP contribution in [-0.4, -0.2) is 23.9 Å². The zero-order chi connectivity index (χ0) is 16.1. The monoisotopic (exact) mass is 360 g/mol. The molecule has 1 amide bonds. The Kier molecular flexibility index (Phi) is 5.75. The van der Waals surface area contributed by atoms with E-state index in [1.54, 1.807) is 0 Å². The zero-order valence-electron chi connectivity index (χ0n) is 13.1. The van der Waals surface area contributed by atoms with Gasteiger partial charge in [0, 0.05) is 16.7 Å². The molecule has 0 bridgehead atoms. The first-order chi connectivity index (χ1) is 10.5. The van der Waals surface area contributed by atoms with Crippen molar-refractivity contribution in [3.05, 3.63) is 64.1 Å². The zero-order valence-corrected chi connectivity index (χ0v) is 14.7. The van der Waals surface area contributed by atoms with Crippen LogP contribution < -0.4 is 5.32 Å². The highest BCUT2D eigenvalue weighted by atomic mass is 79.9. The largest absolute Gasteiger partial charge is 0.325 e. The van der Waals surface area contributed by atoms with Gasteiger partial charge in [0.05, 0.1) is 6.04 Å². The van der Waals surface area contributed by atoms with Crippen LogP contribution in [0.3, 0.4) is 0 Å². The maximum absolute atomic E-state index is 12.3. The van der Waals surface area contributed by atoms with Crippen molar-refractivity contribution >= 4 is 27.5 Å². The topological polar surface area (TPSA) is 32.3 Å². The molecule has 2 rings (SSSR count). The minimum Gasteiger partial charge on any atom is -0.325 e. The first-order valence-corrected chi connectivity index (χ1v) is 8.08. The van der Waals surface area contributed by atoms with Gasteiger partial charge in [0.25, 0.3) is 0 Å². The van der Waals surface area contributed by atoms with Gasteiger partial charge in [0.1, 0.15) is 0 Å². The van der Waals surface area contributed by atoms with Crippen molar-refractivity contribution in [3.63, 3.8) is 0 Å². The fourth-order valence-corrected chi connectivity index (χ4v) is 2.44. The number of anilines is 1. The summed E-state index contributed by atoms with van der Waals surface area (Å²) in [5, 5.41) is 2.95. The minimum atomic E-state index is -0.205. The van der Waals surface area contributed by atoms with Gasteiger partial charge < -0.3 is 5.32 Å². The molecule has 0 fully saturated rings. The quantitative estimate of drug-likeness (QED) is 0.865. The van der Waals surface area contributed by atoms with Gasteiger partial charge in [-0.2, -0.15) is 0 Å². The van der Waals surface area contributed by atoms with Crippen LogP contribution in [0.4, 0.5) is 5.69 Å². The van der Waals surface area contributed by atoms with Gasteiger partial charge in [-0.3, -0.25) is 9.69 Å². The molecule has 0 saturated carbocycles. The molecule has 3 nitrogen and oxygen atoms in total. The molecule has 0 aliphatic carbocycles. The molecular formula is C18H21BrN2O. The number of halogens is 1. The van der Waals surface area contributed by atoms with E-state index in [1.165, 1.54) is 11.1 Å². The number of rotatable bonds is 5. The fraction of sp³-hybridized carbons (Fsp3) is 0.278. The number of carbonyl (C=O) groups is 1. The van der Waals surface area contributed by atoms with Crippen LogP contribution >= 0.6 is 15.9 Å².